The van der Waals surface area contributed by atoms with E-state index in [1.54, 1.807) is 0 Å². The van der Waals surface area contributed by atoms with Gasteiger partial charge in [0.25, 0.3) is 20.2 Å². The van der Waals surface area contributed by atoms with E-state index in [1.165, 1.54) is 19.2 Å². The summed E-state index contributed by atoms with van der Waals surface area (Å²) in [5.41, 5.74) is 0. The van der Waals surface area contributed by atoms with E-state index in [-0.39, 0.29) is 24.5 Å². The van der Waals surface area contributed by atoms with E-state index >= 15 is 0 Å². The molecule has 10 heteroatoms. The Bertz CT molecular complexity index is 662. The molecule has 0 radical (unpaired) electrons. The zero-order chi connectivity index (χ0) is 15.4. The molecule has 0 bridgehead atoms. The zero-order valence-electron chi connectivity index (χ0n) is 10.5. The molecule has 0 aliphatic carbocycles. The summed E-state index contributed by atoms with van der Waals surface area (Å²) in [6, 6.07) is 3.77. The van der Waals surface area contributed by atoms with E-state index in [2.05, 4.69) is 0 Å². The molecule has 0 saturated carbocycles. The van der Waals surface area contributed by atoms with Crippen LogP contribution in [0, 0.1) is 0 Å². The molecule has 0 fully saturated rings. The van der Waals surface area contributed by atoms with Gasteiger partial charge < -0.3 is 9.47 Å². The first-order valence-corrected chi connectivity index (χ1v) is 8.42. The largest absolute Gasteiger partial charge is 0.497 e. The Hall–Kier alpha value is -1.36. The standard InChI is InChI=1S/C10H14O8S2/c1-17-8-3-4-9(10(7-8)20(14,15)16)18-5-2-6-19(11,12)13/h3-4,7H,2,5-6H2,1H3,(H,11,12,13)(H,14,15,16). The fourth-order valence-electron chi connectivity index (χ4n) is 1.36. The Morgan fingerprint density at radius 2 is 1.80 bits per heavy atom. The van der Waals surface area contributed by atoms with Crippen LogP contribution in [-0.4, -0.2) is 45.4 Å². The van der Waals surface area contributed by atoms with Gasteiger partial charge in [-0.15, -0.1) is 0 Å². The molecular formula is C10H14O8S2. The van der Waals surface area contributed by atoms with Crippen LogP contribution < -0.4 is 9.47 Å². The van der Waals surface area contributed by atoms with Crippen molar-refractivity contribution in [3.05, 3.63) is 18.2 Å². The molecule has 0 heterocycles. The molecule has 20 heavy (non-hydrogen) atoms. The van der Waals surface area contributed by atoms with Gasteiger partial charge in [-0.05, 0) is 18.6 Å². The molecule has 0 unspecified atom stereocenters. The van der Waals surface area contributed by atoms with Crippen molar-refractivity contribution in [2.24, 2.45) is 0 Å². The lowest BCUT2D eigenvalue weighted by Gasteiger charge is -2.10. The Balaban J connectivity index is 2.85. The normalized spacial score (nSPS) is 12.2. The van der Waals surface area contributed by atoms with Gasteiger partial charge in [-0.3, -0.25) is 9.11 Å². The minimum atomic E-state index is -4.50. The van der Waals surface area contributed by atoms with Gasteiger partial charge in [0.1, 0.15) is 16.4 Å². The highest BCUT2D eigenvalue weighted by atomic mass is 32.2. The Labute approximate surface area is 116 Å². The molecule has 1 aromatic carbocycles. The summed E-state index contributed by atoms with van der Waals surface area (Å²) in [7, 11) is -7.27. The average molecular weight is 326 g/mol. The van der Waals surface area contributed by atoms with Crippen molar-refractivity contribution in [3.8, 4) is 11.5 Å². The van der Waals surface area contributed by atoms with Crippen LogP contribution in [0.3, 0.4) is 0 Å². The number of rotatable bonds is 7. The highest BCUT2D eigenvalue weighted by Crippen LogP contribution is 2.28. The lowest BCUT2D eigenvalue weighted by Crippen LogP contribution is -2.10. The van der Waals surface area contributed by atoms with Crippen molar-refractivity contribution in [2.75, 3.05) is 19.5 Å². The molecule has 8 nitrogen and oxygen atoms in total. The molecule has 0 aliphatic heterocycles. The Morgan fingerprint density at radius 3 is 2.30 bits per heavy atom. The predicted octanol–water partition coefficient (Wildman–Crippen LogP) is 0.599. The fourth-order valence-corrected chi connectivity index (χ4v) is 2.49. The average Bonchev–Trinajstić information content (AvgIpc) is 2.32. The maximum Gasteiger partial charge on any atom is 0.298 e. The first kappa shape index (κ1) is 16.7. The molecule has 114 valence electrons. The number of benzene rings is 1. The highest BCUT2D eigenvalue weighted by Gasteiger charge is 2.18. The molecule has 0 saturated heterocycles. The second-order valence-corrected chi connectivity index (χ2v) is 6.74. The number of ether oxygens (including phenoxy) is 2. The molecule has 0 aromatic heterocycles. The lowest BCUT2D eigenvalue weighted by atomic mass is 10.3. The van der Waals surface area contributed by atoms with Gasteiger partial charge in [-0.25, -0.2) is 0 Å². The second-order valence-electron chi connectivity index (χ2n) is 3.78. The Kier molecular flexibility index (Phi) is 5.34. The first-order valence-electron chi connectivity index (χ1n) is 5.37. The van der Waals surface area contributed by atoms with Crippen molar-refractivity contribution in [3.63, 3.8) is 0 Å². The fraction of sp³-hybridized carbons (Fsp3) is 0.400. The van der Waals surface area contributed by atoms with Crippen LogP contribution in [0.5, 0.6) is 11.5 Å². The van der Waals surface area contributed by atoms with Crippen molar-refractivity contribution in [2.45, 2.75) is 11.3 Å². The van der Waals surface area contributed by atoms with Gasteiger partial charge in [0.15, 0.2) is 0 Å². The summed E-state index contributed by atoms with van der Waals surface area (Å²) in [4.78, 5) is -0.483. The third-order valence-electron chi connectivity index (χ3n) is 2.23. The Morgan fingerprint density at radius 1 is 1.15 bits per heavy atom. The second kappa shape index (κ2) is 6.39. The van der Waals surface area contributed by atoms with Crippen molar-refractivity contribution in [1.82, 2.24) is 0 Å². The lowest BCUT2D eigenvalue weighted by molar-refractivity contribution is 0.305. The maximum atomic E-state index is 11.2. The van der Waals surface area contributed by atoms with E-state index in [0.717, 1.165) is 6.07 Å². The summed E-state index contributed by atoms with van der Waals surface area (Å²) in [6.07, 6.45) is -0.0320. The quantitative estimate of drug-likeness (QED) is 0.551. The van der Waals surface area contributed by atoms with Gasteiger partial charge in [0.05, 0.1) is 19.5 Å². The zero-order valence-corrected chi connectivity index (χ0v) is 12.1. The number of hydrogen-bond donors (Lipinski definition) is 2. The first-order chi connectivity index (χ1) is 9.13. The predicted molar refractivity (Wildman–Crippen MR) is 69.3 cm³/mol. The number of hydrogen-bond acceptors (Lipinski definition) is 6. The molecular weight excluding hydrogens is 312 g/mol. The molecule has 2 N–H and O–H groups in total. The minimum Gasteiger partial charge on any atom is -0.497 e. The number of methoxy groups -OCH3 is 1. The van der Waals surface area contributed by atoms with Crippen LogP contribution in [0.4, 0.5) is 0 Å². The molecule has 0 atom stereocenters. The third kappa shape index (κ3) is 5.33. The van der Waals surface area contributed by atoms with Gasteiger partial charge in [-0.2, -0.15) is 16.8 Å². The molecule has 1 aromatic rings. The van der Waals surface area contributed by atoms with E-state index in [1.807, 2.05) is 0 Å². The summed E-state index contributed by atoms with van der Waals surface area (Å²) >= 11 is 0. The molecule has 0 spiro atoms. The molecule has 0 aliphatic rings. The minimum absolute atomic E-state index is 0.0320. The monoisotopic (exact) mass is 326 g/mol. The van der Waals surface area contributed by atoms with E-state index < -0.39 is 30.9 Å². The van der Waals surface area contributed by atoms with Crippen LogP contribution in [0.15, 0.2) is 23.1 Å². The highest BCUT2D eigenvalue weighted by molar-refractivity contribution is 7.86. The topological polar surface area (TPSA) is 127 Å². The van der Waals surface area contributed by atoms with Crippen LogP contribution in [-0.2, 0) is 20.2 Å². The van der Waals surface area contributed by atoms with Crippen molar-refractivity contribution >= 4 is 20.2 Å². The van der Waals surface area contributed by atoms with Crippen molar-refractivity contribution in [1.29, 1.82) is 0 Å². The smallest absolute Gasteiger partial charge is 0.298 e. The molecule has 0 amide bonds. The van der Waals surface area contributed by atoms with Gasteiger partial charge in [-0.1, -0.05) is 0 Å². The third-order valence-corrected chi connectivity index (χ3v) is 3.91. The summed E-state index contributed by atoms with van der Waals surface area (Å²) in [5.74, 6) is -0.434. The SMILES string of the molecule is COc1ccc(OCCCS(=O)(=O)O)c(S(=O)(=O)O)c1. The van der Waals surface area contributed by atoms with Crippen molar-refractivity contribution < 1.29 is 35.4 Å². The van der Waals surface area contributed by atoms with Crippen LogP contribution in [0.2, 0.25) is 0 Å². The van der Waals surface area contributed by atoms with Crippen LogP contribution in [0.1, 0.15) is 6.42 Å². The summed E-state index contributed by atoms with van der Waals surface area (Å²) in [5, 5.41) is 0. The van der Waals surface area contributed by atoms with Crippen LogP contribution >= 0.6 is 0 Å². The molecule has 1 rings (SSSR count). The van der Waals surface area contributed by atoms with E-state index in [0.29, 0.717) is 0 Å². The summed E-state index contributed by atoms with van der Waals surface area (Å²) in [6.45, 7) is -0.144. The van der Waals surface area contributed by atoms with E-state index in [9.17, 15) is 16.8 Å². The van der Waals surface area contributed by atoms with Crippen LogP contribution in [0.25, 0.3) is 0 Å². The van der Waals surface area contributed by atoms with Gasteiger partial charge in [0, 0.05) is 6.07 Å². The van der Waals surface area contributed by atoms with Gasteiger partial charge in [0.2, 0.25) is 0 Å². The summed E-state index contributed by atoms with van der Waals surface area (Å²) < 4.78 is 70.9. The maximum absolute atomic E-state index is 11.2. The van der Waals surface area contributed by atoms with E-state index in [4.69, 9.17) is 18.6 Å². The van der Waals surface area contributed by atoms with Gasteiger partial charge >= 0.3 is 0 Å².